The molecule has 2 aromatic rings. The summed E-state index contributed by atoms with van der Waals surface area (Å²) < 4.78 is 27.7. The molecule has 25 heavy (non-hydrogen) atoms. The molecule has 1 aromatic heterocycles. The summed E-state index contributed by atoms with van der Waals surface area (Å²) >= 11 is 0. The fraction of sp³-hybridized carbons (Fsp3) is 0.389. The van der Waals surface area contributed by atoms with Gasteiger partial charge in [-0.2, -0.15) is 0 Å². The number of hydrogen-bond acceptors (Lipinski definition) is 4. The molecular weight excluding hydrogens is 328 g/mol. The number of likely N-dealkylation sites (tertiary alicyclic amines) is 1. The highest BCUT2D eigenvalue weighted by atomic mass is 19.1. The van der Waals surface area contributed by atoms with Crippen molar-refractivity contribution < 1.29 is 18.7 Å². The predicted molar refractivity (Wildman–Crippen MR) is 87.0 cm³/mol. The maximum Gasteiger partial charge on any atom is 0.274 e. The van der Waals surface area contributed by atoms with Gasteiger partial charge in [-0.25, -0.2) is 13.8 Å². The van der Waals surface area contributed by atoms with Gasteiger partial charge in [0.15, 0.2) is 0 Å². The molecule has 132 valence electrons. The number of nitrogens with zero attached hydrogens (tertiary/aromatic N) is 3. The number of hydrogen-bond donors (Lipinski definition) is 1. The smallest absolute Gasteiger partial charge is 0.274 e. The molecule has 1 fully saturated rings. The van der Waals surface area contributed by atoms with E-state index < -0.39 is 29.7 Å². The van der Waals surface area contributed by atoms with Crippen LogP contribution in [-0.4, -0.2) is 38.5 Å². The number of aryl methyl sites for hydroxylation is 3. The van der Waals surface area contributed by atoms with E-state index in [1.54, 1.807) is 20.8 Å². The van der Waals surface area contributed by atoms with Crippen LogP contribution in [-0.2, 0) is 0 Å². The van der Waals surface area contributed by atoms with Crippen molar-refractivity contribution in [2.75, 3.05) is 6.54 Å². The summed E-state index contributed by atoms with van der Waals surface area (Å²) in [6.07, 6.45) is -0.667. The Morgan fingerprint density at radius 2 is 1.84 bits per heavy atom. The standard InChI is InChI=1S/C18H19F2N3O2/c1-9-10(2)22-17(11(3)21-9)18(25)23-8-13(24)7-16(23)14-6-12(19)4-5-15(14)20/h4-6,13,16,24H,7-8H2,1-3H3/t13-,16-/m0/s1. The first kappa shape index (κ1) is 17.4. The number of carbonyl (C=O) groups excluding carboxylic acids is 1. The van der Waals surface area contributed by atoms with Gasteiger partial charge in [-0.15, -0.1) is 0 Å². The molecule has 0 saturated carbocycles. The molecule has 7 heteroatoms. The Bertz CT molecular complexity index is 841. The van der Waals surface area contributed by atoms with Gasteiger partial charge in [-0.1, -0.05) is 0 Å². The Labute approximate surface area is 144 Å². The molecule has 1 aromatic carbocycles. The second-order valence-electron chi connectivity index (χ2n) is 6.36. The van der Waals surface area contributed by atoms with Crippen molar-refractivity contribution in [3.63, 3.8) is 0 Å². The van der Waals surface area contributed by atoms with Crippen LogP contribution in [0.15, 0.2) is 18.2 Å². The molecule has 1 saturated heterocycles. The average molecular weight is 347 g/mol. The van der Waals surface area contributed by atoms with E-state index in [1.807, 2.05) is 0 Å². The lowest BCUT2D eigenvalue weighted by Gasteiger charge is -2.25. The highest BCUT2D eigenvalue weighted by Crippen LogP contribution is 2.35. The number of carbonyl (C=O) groups is 1. The Balaban J connectivity index is 2.01. The van der Waals surface area contributed by atoms with E-state index in [-0.39, 0.29) is 24.2 Å². The topological polar surface area (TPSA) is 66.3 Å². The van der Waals surface area contributed by atoms with Gasteiger partial charge in [-0.05, 0) is 45.4 Å². The van der Waals surface area contributed by atoms with Gasteiger partial charge in [0.2, 0.25) is 0 Å². The van der Waals surface area contributed by atoms with E-state index in [0.29, 0.717) is 11.4 Å². The fourth-order valence-corrected chi connectivity index (χ4v) is 3.16. The Hall–Kier alpha value is -2.41. The van der Waals surface area contributed by atoms with Crippen LogP contribution in [0.3, 0.4) is 0 Å². The molecule has 0 bridgehead atoms. The monoisotopic (exact) mass is 347 g/mol. The molecule has 0 unspecified atom stereocenters. The van der Waals surface area contributed by atoms with Gasteiger partial charge in [0.1, 0.15) is 17.3 Å². The predicted octanol–water partition coefficient (Wildman–Crippen LogP) is 2.63. The summed E-state index contributed by atoms with van der Waals surface area (Å²) in [7, 11) is 0. The molecule has 0 radical (unpaired) electrons. The molecule has 1 N–H and O–H groups in total. The maximum absolute atomic E-state index is 14.2. The van der Waals surface area contributed by atoms with Gasteiger partial charge >= 0.3 is 0 Å². The van der Waals surface area contributed by atoms with E-state index in [9.17, 15) is 18.7 Å². The van der Waals surface area contributed by atoms with Gasteiger partial charge in [0, 0.05) is 12.1 Å². The molecule has 2 atom stereocenters. The van der Waals surface area contributed by atoms with Crippen LogP contribution in [0.4, 0.5) is 8.78 Å². The first-order valence-electron chi connectivity index (χ1n) is 8.03. The number of aliphatic hydroxyl groups excluding tert-OH is 1. The molecule has 1 aliphatic heterocycles. The number of rotatable bonds is 2. The second-order valence-corrected chi connectivity index (χ2v) is 6.36. The number of β-amino-alcohol motifs (C(OH)–C–C–N with tert-alkyl or cyclic N) is 1. The first-order valence-corrected chi connectivity index (χ1v) is 8.03. The third-order valence-corrected chi connectivity index (χ3v) is 4.54. The molecule has 1 amide bonds. The van der Waals surface area contributed by atoms with Crippen molar-refractivity contribution >= 4 is 5.91 Å². The van der Waals surface area contributed by atoms with Crippen molar-refractivity contribution in [3.05, 3.63) is 58.2 Å². The average Bonchev–Trinajstić information content (AvgIpc) is 2.94. The molecule has 5 nitrogen and oxygen atoms in total. The highest BCUT2D eigenvalue weighted by molar-refractivity contribution is 5.94. The zero-order valence-electron chi connectivity index (χ0n) is 14.3. The maximum atomic E-state index is 14.2. The van der Waals surface area contributed by atoms with Gasteiger partial charge in [0.05, 0.1) is 29.2 Å². The SMILES string of the molecule is Cc1nc(C)c(C(=O)N2C[C@@H](O)C[C@H]2c2cc(F)ccc2F)nc1C. The number of amides is 1. The molecule has 2 heterocycles. The number of aliphatic hydroxyl groups is 1. The van der Waals surface area contributed by atoms with Gasteiger partial charge < -0.3 is 10.0 Å². The minimum absolute atomic E-state index is 0.0352. The van der Waals surface area contributed by atoms with Crippen LogP contribution in [0.5, 0.6) is 0 Å². The summed E-state index contributed by atoms with van der Waals surface area (Å²) in [4.78, 5) is 22.9. The fourth-order valence-electron chi connectivity index (χ4n) is 3.16. The normalized spacial score (nSPS) is 20.2. The van der Waals surface area contributed by atoms with E-state index >= 15 is 0 Å². The van der Waals surface area contributed by atoms with E-state index in [1.165, 1.54) is 4.90 Å². The Morgan fingerprint density at radius 1 is 1.16 bits per heavy atom. The third kappa shape index (κ3) is 3.24. The first-order chi connectivity index (χ1) is 11.8. The summed E-state index contributed by atoms with van der Waals surface area (Å²) in [6, 6.07) is 2.37. The lowest BCUT2D eigenvalue weighted by Crippen LogP contribution is -2.33. The van der Waals surface area contributed by atoms with Crippen molar-refractivity contribution in [2.24, 2.45) is 0 Å². The highest BCUT2D eigenvalue weighted by Gasteiger charge is 2.38. The molecule has 1 aliphatic rings. The summed E-state index contributed by atoms with van der Waals surface area (Å²) in [5.74, 6) is -1.65. The zero-order valence-corrected chi connectivity index (χ0v) is 14.3. The lowest BCUT2D eigenvalue weighted by molar-refractivity contribution is 0.0706. The zero-order chi connectivity index (χ0) is 18.3. The van der Waals surface area contributed by atoms with Crippen molar-refractivity contribution in [2.45, 2.75) is 39.3 Å². The van der Waals surface area contributed by atoms with Crippen molar-refractivity contribution in [1.29, 1.82) is 0 Å². The quantitative estimate of drug-likeness (QED) is 0.907. The Morgan fingerprint density at radius 3 is 2.56 bits per heavy atom. The van der Waals surface area contributed by atoms with Gasteiger partial charge in [-0.3, -0.25) is 9.78 Å². The molecule has 3 rings (SSSR count). The lowest BCUT2D eigenvalue weighted by atomic mass is 10.0. The summed E-state index contributed by atoms with van der Waals surface area (Å²) in [5.41, 5.74) is 2.04. The molecular formula is C18H19F2N3O2. The number of halogens is 2. The summed E-state index contributed by atoms with van der Waals surface area (Å²) in [5, 5.41) is 10.0. The van der Waals surface area contributed by atoms with Crippen LogP contribution in [0.2, 0.25) is 0 Å². The molecule has 0 aliphatic carbocycles. The van der Waals surface area contributed by atoms with E-state index in [0.717, 1.165) is 23.9 Å². The number of benzene rings is 1. The van der Waals surface area contributed by atoms with Crippen LogP contribution in [0, 0.1) is 32.4 Å². The summed E-state index contributed by atoms with van der Waals surface area (Å²) in [6.45, 7) is 5.26. The van der Waals surface area contributed by atoms with Crippen molar-refractivity contribution in [1.82, 2.24) is 14.9 Å². The van der Waals surface area contributed by atoms with Crippen LogP contribution in [0.25, 0.3) is 0 Å². The second kappa shape index (κ2) is 6.48. The van der Waals surface area contributed by atoms with Gasteiger partial charge in [0.25, 0.3) is 5.91 Å². The minimum atomic E-state index is -0.809. The van der Waals surface area contributed by atoms with E-state index in [2.05, 4.69) is 9.97 Å². The largest absolute Gasteiger partial charge is 0.391 e. The minimum Gasteiger partial charge on any atom is -0.391 e. The third-order valence-electron chi connectivity index (χ3n) is 4.54. The number of aromatic nitrogens is 2. The molecule has 0 spiro atoms. The van der Waals surface area contributed by atoms with Crippen molar-refractivity contribution in [3.8, 4) is 0 Å². The van der Waals surface area contributed by atoms with Crippen LogP contribution in [0.1, 0.15) is 45.6 Å². The van der Waals surface area contributed by atoms with Crippen LogP contribution >= 0.6 is 0 Å². The Kier molecular flexibility index (Phi) is 4.51. The van der Waals surface area contributed by atoms with E-state index in [4.69, 9.17) is 0 Å². The van der Waals surface area contributed by atoms with Crippen LogP contribution < -0.4 is 0 Å².